The number of nitrogens with one attached hydrogen (secondary N) is 1. The van der Waals surface area contributed by atoms with Crippen molar-refractivity contribution < 1.29 is 19.4 Å². The summed E-state index contributed by atoms with van der Waals surface area (Å²) in [5.41, 5.74) is 2.32. The Labute approximate surface area is 154 Å². The molecule has 2 N–H and O–H groups in total. The first-order chi connectivity index (χ1) is 12.2. The number of aliphatic carboxylic acids is 1. The van der Waals surface area contributed by atoms with Gasteiger partial charge >= 0.3 is 5.97 Å². The van der Waals surface area contributed by atoms with Gasteiger partial charge in [-0.2, -0.15) is 0 Å². The first-order valence-electron chi connectivity index (χ1n) is 8.48. The van der Waals surface area contributed by atoms with Gasteiger partial charge in [0.25, 0.3) is 5.91 Å². The van der Waals surface area contributed by atoms with Gasteiger partial charge in [0.1, 0.15) is 11.8 Å². The Balaban J connectivity index is 2.11. The number of carboxylic acid groups (broad SMARTS) is 1. The zero-order valence-corrected chi connectivity index (χ0v) is 15.6. The summed E-state index contributed by atoms with van der Waals surface area (Å²) in [5, 5.41) is 12.1. The van der Waals surface area contributed by atoms with E-state index in [2.05, 4.69) is 26.1 Å². The van der Waals surface area contributed by atoms with Gasteiger partial charge in [0.2, 0.25) is 0 Å². The number of carbonyl (C=O) groups is 2. The predicted molar refractivity (Wildman–Crippen MR) is 101 cm³/mol. The molecule has 0 radical (unpaired) electrons. The summed E-state index contributed by atoms with van der Waals surface area (Å²) in [5.74, 6) is -0.830. The second kappa shape index (κ2) is 8.04. The summed E-state index contributed by atoms with van der Waals surface area (Å²) in [4.78, 5) is 24.0. The highest BCUT2D eigenvalue weighted by Crippen LogP contribution is 2.22. The van der Waals surface area contributed by atoms with Crippen LogP contribution in [0.15, 0.2) is 48.5 Å². The minimum atomic E-state index is -1.08. The predicted octanol–water partition coefficient (Wildman–Crippen LogP) is 3.42. The van der Waals surface area contributed by atoms with Crippen molar-refractivity contribution >= 4 is 11.9 Å². The Morgan fingerprint density at radius 3 is 2.31 bits per heavy atom. The van der Waals surface area contributed by atoms with E-state index in [4.69, 9.17) is 4.74 Å². The van der Waals surface area contributed by atoms with E-state index < -0.39 is 17.9 Å². The van der Waals surface area contributed by atoms with E-state index >= 15 is 0 Å². The standard InChI is InChI=1S/C21H25NO4/c1-21(2,3)16-10-8-15(9-11-16)19(23)22-18(20(24)25)13-14-6-5-7-17(12-14)26-4/h5-12,18H,13H2,1-4H3,(H,22,23)(H,24,25)/t18-/m0/s1. The average molecular weight is 355 g/mol. The van der Waals surface area contributed by atoms with Crippen LogP contribution < -0.4 is 10.1 Å². The van der Waals surface area contributed by atoms with E-state index in [1.54, 1.807) is 37.4 Å². The number of methoxy groups -OCH3 is 1. The van der Waals surface area contributed by atoms with Crippen LogP contribution in [0, 0.1) is 0 Å². The molecule has 138 valence electrons. The maximum absolute atomic E-state index is 12.4. The van der Waals surface area contributed by atoms with Crippen LogP contribution in [0.5, 0.6) is 5.75 Å². The Kier molecular flexibility index (Phi) is 6.03. The maximum atomic E-state index is 12.4. The van der Waals surface area contributed by atoms with E-state index in [-0.39, 0.29) is 11.8 Å². The molecule has 0 saturated heterocycles. The third-order valence-electron chi connectivity index (χ3n) is 4.19. The van der Waals surface area contributed by atoms with E-state index in [9.17, 15) is 14.7 Å². The molecule has 0 bridgehead atoms. The summed E-state index contributed by atoms with van der Waals surface area (Å²) >= 11 is 0. The van der Waals surface area contributed by atoms with Gasteiger partial charge in [-0.1, -0.05) is 45.0 Å². The third-order valence-corrected chi connectivity index (χ3v) is 4.19. The van der Waals surface area contributed by atoms with Gasteiger partial charge in [0.05, 0.1) is 7.11 Å². The number of hydrogen-bond acceptors (Lipinski definition) is 3. The second-order valence-corrected chi connectivity index (χ2v) is 7.25. The van der Waals surface area contributed by atoms with Crippen LogP contribution in [0.3, 0.4) is 0 Å². The smallest absolute Gasteiger partial charge is 0.326 e. The van der Waals surface area contributed by atoms with Gasteiger partial charge in [0, 0.05) is 12.0 Å². The van der Waals surface area contributed by atoms with Crippen molar-refractivity contribution in [3.63, 3.8) is 0 Å². The van der Waals surface area contributed by atoms with E-state index in [0.717, 1.165) is 11.1 Å². The number of carboxylic acids is 1. The van der Waals surface area contributed by atoms with Crippen molar-refractivity contribution in [2.24, 2.45) is 0 Å². The molecular formula is C21H25NO4. The van der Waals surface area contributed by atoms with Crippen molar-refractivity contribution in [1.29, 1.82) is 0 Å². The van der Waals surface area contributed by atoms with Crippen LogP contribution in [0.2, 0.25) is 0 Å². The molecule has 0 saturated carbocycles. The Morgan fingerprint density at radius 2 is 1.77 bits per heavy atom. The quantitative estimate of drug-likeness (QED) is 0.832. The number of hydrogen-bond donors (Lipinski definition) is 2. The lowest BCUT2D eigenvalue weighted by Crippen LogP contribution is -2.42. The summed E-state index contributed by atoms with van der Waals surface area (Å²) in [6.45, 7) is 6.28. The summed E-state index contributed by atoms with van der Waals surface area (Å²) < 4.78 is 5.15. The number of ether oxygens (including phenoxy) is 1. The third kappa shape index (κ3) is 5.09. The van der Waals surface area contributed by atoms with E-state index in [1.807, 2.05) is 18.2 Å². The first kappa shape index (κ1) is 19.5. The summed E-state index contributed by atoms with van der Waals surface area (Å²) in [7, 11) is 1.55. The molecule has 0 aliphatic carbocycles. The highest BCUT2D eigenvalue weighted by atomic mass is 16.5. The summed E-state index contributed by atoms with van der Waals surface area (Å²) in [6.07, 6.45) is 0.179. The van der Waals surface area contributed by atoms with Gasteiger partial charge in [0.15, 0.2) is 0 Å². The Hall–Kier alpha value is -2.82. The van der Waals surface area contributed by atoms with Gasteiger partial charge < -0.3 is 15.2 Å². The SMILES string of the molecule is COc1cccc(C[C@H](NC(=O)c2ccc(C(C)(C)C)cc2)C(=O)O)c1. The minimum Gasteiger partial charge on any atom is -0.497 e. The van der Waals surface area contributed by atoms with Crippen molar-refractivity contribution in [1.82, 2.24) is 5.32 Å². The topological polar surface area (TPSA) is 75.6 Å². The Morgan fingerprint density at radius 1 is 1.12 bits per heavy atom. The van der Waals surface area contributed by atoms with Crippen LogP contribution >= 0.6 is 0 Å². The number of amides is 1. The van der Waals surface area contributed by atoms with Gasteiger partial charge in [-0.25, -0.2) is 4.79 Å². The van der Waals surface area contributed by atoms with E-state index in [0.29, 0.717) is 11.3 Å². The van der Waals surface area contributed by atoms with Gasteiger partial charge in [-0.05, 0) is 40.8 Å². The molecule has 5 heteroatoms. The molecule has 2 aromatic carbocycles. The lowest BCUT2D eigenvalue weighted by molar-refractivity contribution is -0.139. The van der Waals surface area contributed by atoms with Crippen molar-refractivity contribution in [2.45, 2.75) is 38.6 Å². The molecule has 1 atom stereocenters. The van der Waals surface area contributed by atoms with Crippen LogP contribution in [0.25, 0.3) is 0 Å². The average Bonchev–Trinajstić information content (AvgIpc) is 2.60. The highest BCUT2D eigenvalue weighted by molar-refractivity contribution is 5.96. The molecule has 0 spiro atoms. The molecule has 1 amide bonds. The van der Waals surface area contributed by atoms with Crippen LogP contribution in [-0.2, 0) is 16.6 Å². The normalized spacial score (nSPS) is 12.3. The highest BCUT2D eigenvalue weighted by Gasteiger charge is 2.22. The molecule has 0 fully saturated rings. The van der Waals surface area contributed by atoms with E-state index in [1.165, 1.54) is 0 Å². The summed E-state index contributed by atoms with van der Waals surface area (Å²) in [6, 6.07) is 13.4. The number of rotatable bonds is 6. The fourth-order valence-electron chi connectivity index (χ4n) is 2.60. The molecule has 26 heavy (non-hydrogen) atoms. The molecule has 5 nitrogen and oxygen atoms in total. The lowest BCUT2D eigenvalue weighted by atomic mass is 9.86. The number of carbonyl (C=O) groups excluding carboxylic acids is 1. The van der Waals surface area contributed by atoms with Crippen LogP contribution in [-0.4, -0.2) is 30.1 Å². The molecule has 0 aromatic heterocycles. The van der Waals surface area contributed by atoms with Crippen LogP contribution in [0.4, 0.5) is 0 Å². The first-order valence-corrected chi connectivity index (χ1v) is 8.48. The lowest BCUT2D eigenvalue weighted by Gasteiger charge is -2.19. The Bertz CT molecular complexity index is 775. The molecule has 0 unspecified atom stereocenters. The molecular weight excluding hydrogens is 330 g/mol. The van der Waals surface area contributed by atoms with Crippen molar-refractivity contribution in [3.05, 3.63) is 65.2 Å². The second-order valence-electron chi connectivity index (χ2n) is 7.25. The molecule has 0 aliphatic rings. The van der Waals surface area contributed by atoms with Crippen LogP contribution in [0.1, 0.15) is 42.3 Å². The fraction of sp³-hybridized carbons (Fsp3) is 0.333. The minimum absolute atomic E-state index is 0.00896. The molecule has 0 aliphatic heterocycles. The zero-order valence-electron chi connectivity index (χ0n) is 15.6. The molecule has 2 rings (SSSR count). The van der Waals surface area contributed by atoms with Gasteiger partial charge in [-0.15, -0.1) is 0 Å². The molecule has 2 aromatic rings. The monoisotopic (exact) mass is 355 g/mol. The maximum Gasteiger partial charge on any atom is 0.326 e. The largest absolute Gasteiger partial charge is 0.497 e. The fourth-order valence-corrected chi connectivity index (χ4v) is 2.60. The zero-order chi connectivity index (χ0) is 19.3. The van der Waals surface area contributed by atoms with Gasteiger partial charge in [-0.3, -0.25) is 4.79 Å². The van der Waals surface area contributed by atoms with Crippen molar-refractivity contribution in [2.75, 3.05) is 7.11 Å². The van der Waals surface area contributed by atoms with Crippen molar-refractivity contribution in [3.8, 4) is 5.75 Å². The molecule has 0 heterocycles. The number of benzene rings is 2.